The molecule has 0 saturated carbocycles. The molecule has 2 fully saturated rings. The highest BCUT2D eigenvalue weighted by Crippen LogP contribution is 2.33. The largest absolute Gasteiger partial charge is 0.338 e. The van der Waals surface area contributed by atoms with Crippen molar-refractivity contribution < 1.29 is 22.8 Å². The average Bonchev–Trinajstić information content (AvgIpc) is 3.48. The molecule has 2 amide bonds. The summed E-state index contributed by atoms with van der Waals surface area (Å²) in [5, 5.41) is 8.07. The van der Waals surface area contributed by atoms with Crippen molar-refractivity contribution >= 4 is 11.8 Å². The van der Waals surface area contributed by atoms with Crippen molar-refractivity contribution in [2.75, 3.05) is 13.1 Å². The minimum absolute atomic E-state index is 0.00816. The van der Waals surface area contributed by atoms with E-state index in [-0.39, 0.29) is 41.2 Å². The molecule has 2 unspecified atom stereocenters. The lowest BCUT2D eigenvalue weighted by molar-refractivity contribution is 0.0365. The Hall–Kier alpha value is -3.69. The topological polar surface area (TPSA) is 71.3 Å². The third kappa shape index (κ3) is 7.00. The van der Waals surface area contributed by atoms with E-state index < -0.39 is 17.5 Å². The highest BCUT2D eigenvalue weighted by molar-refractivity contribution is 6.00. The Balaban J connectivity index is 1.26. The molecule has 5 rings (SSSR count). The molecule has 2 aliphatic heterocycles. The molecule has 3 aromatic rings. The highest BCUT2D eigenvalue weighted by atomic mass is 19.2. The third-order valence-electron chi connectivity index (χ3n) is 8.86. The molecule has 10 heteroatoms. The summed E-state index contributed by atoms with van der Waals surface area (Å²) in [6.45, 7) is 9.73. The Bertz CT molecular complexity index is 1460. The number of carbonyl (C=O) groups excluding carboxylic acids is 2. The van der Waals surface area contributed by atoms with Gasteiger partial charge in [0.25, 0.3) is 11.8 Å². The third-order valence-corrected chi connectivity index (χ3v) is 8.86. The fourth-order valence-corrected chi connectivity index (χ4v) is 6.80. The summed E-state index contributed by atoms with van der Waals surface area (Å²) in [6, 6.07) is 8.70. The smallest absolute Gasteiger partial charge is 0.254 e. The van der Waals surface area contributed by atoms with Gasteiger partial charge in [0.2, 0.25) is 0 Å². The van der Waals surface area contributed by atoms with Crippen molar-refractivity contribution in [2.45, 2.75) is 90.8 Å². The number of likely N-dealkylation sites (tertiary alicyclic amines) is 2. The van der Waals surface area contributed by atoms with Gasteiger partial charge in [-0.3, -0.25) is 9.59 Å². The molecule has 0 radical (unpaired) electrons. The van der Waals surface area contributed by atoms with Gasteiger partial charge >= 0.3 is 0 Å². The van der Waals surface area contributed by atoms with Crippen LogP contribution in [0.25, 0.3) is 11.3 Å². The lowest BCUT2D eigenvalue weighted by atomic mass is 9.86. The van der Waals surface area contributed by atoms with E-state index in [0.717, 1.165) is 38.2 Å². The first-order valence-electron chi connectivity index (χ1n) is 15.8. The Morgan fingerprint density at radius 1 is 0.818 bits per heavy atom. The van der Waals surface area contributed by atoms with E-state index in [2.05, 4.69) is 42.9 Å². The second-order valence-corrected chi connectivity index (χ2v) is 13.1. The SMILES string of the molecule is CC(C)CC1CCCC(CC(C)C)N1C(=O)c1cccc(C(=O)N2CCC(n3cc(-c4cc(F)c(F)cc4F)nn3)CC2)c1. The van der Waals surface area contributed by atoms with Crippen molar-refractivity contribution in [3.63, 3.8) is 0 Å². The van der Waals surface area contributed by atoms with Crippen LogP contribution in [0, 0.1) is 29.3 Å². The van der Waals surface area contributed by atoms with Crippen LogP contribution >= 0.6 is 0 Å². The molecular formula is C34H42F3N5O2. The summed E-state index contributed by atoms with van der Waals surface area (Å²) in [7, 11) is 0. The molecular weight excluding hydrogens is 567 g/mol. The number of rotatable bonds is 8. The molecule has 236 valence electrons. The number of hydrogen-bond acceptors (Lipinski definition) is 4. The zero-order chi connectivity index (χ0) is 31.5. The molecule has 2 atom stereocenters. The van der Waals surface area contributed by atoms with Crippen LogP contribution in [0.5, 0.6) is 0 Å². The molecule has 3 heterocycles. The molecule has 1 aromatic heterocycles. The maximum Gasteiger partial charge on any atom is 0.254 e. The first-order chi connectivity index (χ1) is 21.0. The number of carbonyl (C=O) groups is 2. The number of nitrogens with zero attached hydrogens (tertiary/aromatic N) is 5. The Labute approximate surface area is 257 Å². The summed E-state index contributed by atoms with van der Waals surface area (Å²) in [6.07, 6.45) is 7.79. The Morgan fingerprint density at radius 2 is 1.41 bits per heavy atom. The van der Waals surface area contributed by atoms with Crippen LogP contribution in [0.4, 0.5) is 13.2 Å². The minimum Gasteiger partial charge on any atom is -0.338 e. The zero-order valence-corrected chi connectivity index (χ0v) is 26.0. The number of amides is 2. The molecule has 0 spiro atoms. The van der Waals surface area contributed by atoms with E-state index in [9.17, 15) is 22.8 Å². The van der Waals surface area contributed by atoms with Crippen LogP contribution in [0.2, 0.25) is 0 Å². The van der Waals surface area contributed by atoms with E-state index in [0.29, 0.717) is 55.0 Å². The summed E-state index contributed by atoms with van der Waals surface area (Å²) in [5.41, 5.74) is 0.993. The Morgan fingerprint density at radius 3 is 2.02 bits per heavy atom. The molecule has 0 N–H and O–H groups in total. The van der Waals surface area contributed by atoms with E-state index in [1.54, 1.807) is 27.8 Å². The Kier molecular flexibility index (Phi) is 9.75. The van der Waals surface area contributed by atoms with Gasteiger partial charge in [0.05, 0.1) is 12.2 Å². The number of halogens is 3. The number of piperidine rings is 2. The van der Waals surface area contributed by atoms with Crippen molar-refractivity contribution in [3.05, 3.63) is 71.2 Å². The van der Waals surface area contributed by atoms with Gasteiger partial charge in [-0.15, -0.1) is 5.10 Å². The quantitative estimate of drug-likeness (QED) is 0.252. The zero-order valence-electron chi connectivity index (χ0n) is 26.0. The van der Waals surface area contributed by atoms with Crippen molar-refractivity contribution in [1.82, 2.24) is 24.8 Å². The molecule has 0 bridgehead atoms. The maximum atomic E-state index is 14.2. The molecule has 0 aliphatic carbocycles. The molecule has 2 saturated heterocycles. The molecule has 2 aromatic carbocycles. The maximum absolute atomic E-state index is 14.2. The molecule has 2 aliphatic rings. The number of benzene rings is 2. The average molecular weight is 610 g/mol. The van der Waals surface area contributed by atoms with Crippen LogP contribution in [-0.4, -0.2) is 61.8 Å². The summed E-state index contributed by atoms with van der Waals surface area (Å²) in [5.74, 6) is -2.48. The fraction of sp³-hybridized carbons (Fsp3) is 0.529. The summed E-state index contributed by atoms with van der Waals surface area (Å²) in [4.78, 5) is 31.5. The van der Waals surface area contributed by atoms with Crippen molar-refractivity contribution in [3.8, 4) is 11.3 Å². The van der Waals surface area contributed by atoms with Crippen LogP contribution in [0.15, 0.2) is 42.6 Å². The van der Waals surface area contributed by atoms with Crippen molar-refractivity contribution in [2.24, 2.45) is 11.8 Å². The number of aromatic nitrogens is 3. The normalized spacial score (nSPS) is 19.7. The summed E-state index contributed by atoms with van der Waals surface area (Å²) >= 11 is 0. The van der Waals surface area contributed by atoms with Gasteiger partial charge in [0.15, 0.2) is 11.6 Å². The van der Waals surface area contributed by atoms with Crippen LogP contribution in [0.3, 0.4) is 0 Å². The van der Waals surface area contributed by atoms with Gasteiger partial charge in [-0.2, -0.15) is 0 Å². The lowest BCUT2D eigenvalue weighted by Crippen LogP contribution is -2.51. The first-order valence-corrected chi connectivity index (χ1v) is 15.8. The van der Waals surface area contributed by atoms with Gasteiger partial charge < -0.3 is 9.80 Å². The van der Waals surface area contributed by atoms with Gasteiger partial charge in [0.1, 0.15) is 11.5 Å². The van der Waals surface area contributed by atoms with Crippen LogP contribution in [0.1, 0.15) is 99.4 Å². The van der Waals surface area contributed by atoms with E-state index in [1.807, 2.05) is 6.07 Å². The second-order valence-electron chi connectivity index (χ2n) is 13.1. The van der Waals surface area contributed by atoms with E-state index in [4.69, 9.17) is 0 Å². The van der Waals surface area contributed by atoms with Crippen LogP contribution in [-0.2, 0) is 0 Å². The molecule has 44 heavy (non-hydrogen) atoms. The highest BCUT2D eigenvalue weighted by Gasteiger charge is 2.35. The standard InChI is InChI=1S/C34H42F3N5O2/c1-21(2)15-26-9-6-10-27(16-22(3)4)42(26)34(44)24-8-5-7-23(17-24)33(43)40-13-11-25(12-14-40)41-20-32(38-39-41)28-18-30(36)31(37)19-29(28)35/h5,7-8,17-22,25-27H,6,9-16H2,1-4H3. The minimum atomic E-state index is -1.26. The van der Waals surface area contributed by atoms with Gasteiger partial charge in [-0.1, -0.05) is 39.0 Å². The second kappa shape index (κ2) is 13.5. The van der Waals surface area contributed by atoms with Gasteiger partial charge in [0, 0.05) is 47.9 Å². The van der Waals surface area contributed by atoms with Crippen LogP contribution < -0.4 is 0 Å². The van der Waals surface area contributed by atoms with Gasteiger partial charge in [-0.05, 0) is 81.0 Å². The molecule has 7 nitrogen and oxygen atoms in total. The van der Waals surface area contributed by atoms with Gasteiger partial charge in [-0.25, -0.2) is 17.9 Å². The number of hydrogen-bond donors (Lipinski definition) is 0. The lowest BCUT2D eigenvalue weighted by Gasteiger charge is -2.44. The first kappa shape index (κ1) is 31.7. The summed E-state index contributed by atoms with van der Waals surface area (Å²) < 4.78 is 42.9. The van der Waals surface area contributed by atoms with E-state index >= 15 is 0 Å². The van der Waals surface area contributed by atoms with E-state index in [1.165, 1.54) is 6.20 Å². The predicted octanol–water partition coefficient (Wildman–Crippen LogP) is 7.30. The van der Waals surface area contributed by atoms with Crippen molar-refractivity contribution in [1.29, 1.82) is 0 Å². The fourth-order valence-electron chi connectivity index (χ4n) is 6.80. The monoisotopic (exact) mass is 609 g/mol. The predicted molar refractivity (Wildman–Crippen MR) is 162 cm³/mol.